The van der Waals surface area contributed by atoms with Crippen molar-refractivity contribution in [2.45, 2.75) is 38.6 Å². The average Bonchev–Trinajstić information content (AvgIpc) is 2.48. The smallest absolute Gasteiger partial charge is 0.119 e. The molecular weight excluding hydrogens is 236 g/mol. The number of hydrogen-bond acceptors (Lipinski definition) is 3. The molecule has 1 aromatic rings. The van der Waals surface area contributed by atoms with E-state index in [1.807, 2.05) is 12.1 Å². The van der Waals surface area contributed by atoms with E-state index in [0.717, 1.165) is 25.3 Å². The highest BCUT2D eigenvalue weighted by atomic mass is 16.5. The van der Waals surface area contributed by atoms with Crippen LogP contribution < -0.4 is 10.5 Å². The Balaban J connectivity index is 1.73. The molecule has 1 heterocycles. The molecule has 0 spiro atoms. The van der Waals surface area contributed by atoms with Crippen LogP contribution in [-0.4, -0.2) is 31.1 Å². The number of rotatable bonds is 6. The van der Waals surface area contributed by atoms with Gasteiger partial charge in [-0.1, -0.05) is 25.5 Å². The quantitative estimate of drug-likeness (QED) is 0.856. The summed E-state index contributed by atoms with van der Waals surface area (Å²) in [5.74, 6) is 0.948. The molecule has 0 aliphatic carbocycles. The van der Waals surface area contributed by atoms with Gasteiger partial charge in [-0.2, -0.15) is 0 Å². The van der Waals surface area contributed by atoms with Gasteiger partial charge < -0.3 is 10.5 Å². The first-order chi connectivity index (χ1) is 9.29. The van der Waals surface area contributed by atoms with Crippen molar-refractivity contribution < 1.29 is 4.74 Å². The second-order valence-corrected chi connectivity index (χ2v) is 5.33. The van der Waals surface area contributed by atoms with Crippen molar-refractivity contribution in [3.8, 4) is 5.75 Å². The number of piperidine rings is 1. The maximum absolute atomic E-state index is 5.99. The van der Waals surface area contributed by atoms with Crippen LogP contribution in [0.4, 0.5) is 0 Å². The Bertz CT molecular complexity index is 358. The molecule has 1 aliphatic rings. The lowest BCUT2D eigenvalue weighted by Gasteiger charge is -2.26. The number of ether oxygens (including phenoxy) is 1. The highest BCUT2D eigenvalue weighted by Gasteiger charge is 2.09. The molecule has 3 heteroatoms. The van der Waals surface area contributed by atoms with Crippen molar-refractivity contribution in [2.75, 3.05) is 26.2 Å². The number of hydrogen-bond donors (Lipinski definition) is 1. The van der Waals surface area contributed by atoms with E-state index in [2.05, 4.69) is 24.0 Å². The van der Waals surface area contributed by atoms with Gasteiger partial charge in [-0.3, -0.25) is 4.90 Å². The lowest BCUT2D eigenvalue weighted by molar-refractivity contribution is 0.183. The molecule has 1 saturated heterocycles. The number of likely N-dealkylation sites (tertiary alicyclic amines) is 1. The fraction of sp³-hybridized carbons (Fsp3) is 0.625. The summed E-state index contributed by atoms with van der Waals surface area (Å²) in [6.07, 6.45) is 5.03. The SMILES string of the molecule is CCC(N)c1ccc(OCCN2CCCCC2)cc1. The van der Waals surface area contributed by atoms with E-state index < -0.39 is 0 Å². The lowest BCUT2D eigenvalue weighted by Crippen LogP contribution is -2.33. The minimum atomic E-state index is 0.141. The molecule has 19 heavy (non-hydrogen) atoms. The molecule has 0 aromatic heterocycles. The molecule has 0 saturated carbocycles. The monoisotopic (exact) mass is 262 g/mol. The van der Waals surface area contributed by atoms with Crippen molar-refractivity contribution in [1.82, 2.24) is 4.90 Å². The molecule has 1 atom stereocenters. The molecule has 1 aromatic carbocycles. The Morgan fingerprint density at radius 1 is 1.16 bits per heavy atom. The van der Waals surface area contributed by atoms with Crippen LogP contribution in [0.15, 0.2) is 24.3 Å². The molecule has 2 rings (SSSR count). The van der Waals surface area contributed by atoms with Gasteiger partial charge in [0.05, 0.1) is 0 Å². The van der Waals surface area contributed by atoms with E-state index in [9.17, 15) is 0 Å². The summed E-state index contributed by atoms with van der Waals surface area (Å²) in [6.45, 7) is 6.38. The maximum Gasteiger partial charge on any atom is 0.119 e. The molecule has 0 radical (unpaired) electrons. The fourth-order valence-electron chi connectivity index (χ4n) is 2.52. The Labute approximate surface area is 116 Å². The molecule has 1 unspecified atom stereocenters. The summed E-state index contributed by atoms with van der Waals surface area (Å²) in [5, 5.41) is 0. The molecule has 1 fully saturated rings. The largest absolute Gasteiger partial charge is 0.492 e. The van der Waals surface area contributed by atoms with Gasteiger partial charge in [-0.05, 0) is 50.0 Å². The van der Waals surface area contributed by atoms with E-state index in [-0.39, 0.29) is 6.04 Å². The van der Waals surface area contributed by atoms with Crippen molar-refractivity contribution in [2.24, 2.45) is 5.73 Å². The van der Waals surface area contributed by atoms with Gasteiger partial charge >= 0.3 is 0 Å². The molecule has 1 aliphatic heterocycles. The van der Waals surface area contributed by atoms with Crippen LogP contribution in [0.3, 0.4) is 0 Å². The van der Waals surface area contributed by atoms with Gasteiger partial charge in [0.15, 0.2) is 0 Å². The van der Waals surface area contributed by atoms with Gasteiger partial charge in [-0.25, -0.2) is 0 Å². The van der Waals surface area contributed by atoms with Gasteiger partial charge in [0.2, 0.25) is 0 Å². The molecule has 2 N–H and O–H groups in total. The summed E-state index contributed by atoms with van der Waals surface area (Å²) in [5.41, 5.74) is 7.18. The topological polar surface area (TPSA) is 38.5 Å². The Kier molecular flexibility index (Phi) is 5.67. The third-order valence-corrected chi connectivity index (χ3v) is 3.87. The summed E-state index contributed by atoms with van der Waals surface area (Å²) < 4.78 is 5.79. The summed E-state index contributed by atoms with van der Waals surface area (Å²) in [4.78, 5) is 2.49. The normalized spacial score (nSPS) is 18.2. The zero-order valence-corrected chi connectivity index (χ0v) is 12.0. The molecular formula is C16H26N2O. The second-order valence-electron chi connectivity index (χ2n) is 5.33. The summed E-state index contributed by atoms with van der Waals surface area (Å²) in [7, 11) is 0. The van der Waals surface area contributed by atoms with Gasteiger partial charge in [-0.15, -0.1) is 0 Å². The first-order valence-electron chi connectivity index (χ1n) is 7.50. The molecule has 0 bridgehead atoms. The van der Waals surface area contributed by atoms with E-state index in [1.54, 1.807) is 0 Å². The standard InChI is InChI=1S/C16H26N2O/c1-2-16(17)14-6-8-15(9-7-14)19-13-12-18-10-4-3-5-11-18/h6-9,16H,2-5,10-13,17H2,1H3. The van der Waals surface area contributed by atoms with Gasteiger partial charge in [0, 0.05) is 12.6 Å². The van der Waals surface area contributed by atoms with Crippen LogP contribution in [0, 0.1) is 0 Å². The molecule has 3 nitrogen and oxygen atoms in total. The Morgan fingerprint density at radius 2 is 1.84 bits per heavy atom. The maximum atomic E-state index is 5.99. The Morgan fingerprint density at radius 3 is 2.47 bits per heavy atom. The van der Waals surface area contributed by atoms with E-state index in [4.69, 9.17) is 10.5 Å². The zero-order valence-electron chi connectivity index (χ0n) is 12.0. The van der Waals surface area contributed by atoms with E-state index in [1.165, 1.54) is 37.9 Å². The van der Waals surface area contributed by atoms with Crippen LogP contribution in [-0.2, 0) is 0 Å². The highest BCUT2D eigenvalue weighted by Crippen LogP contribution is 2.18. The fourth-order valence-corrected chi connectivity index (χ4v) is 2.52. The van der Waals surface area contributed by atoms with Crippen LogP contribution in [0.2, 0.25) is 0 Å². The van der Waals surface area contributed by atoms with Crippen molar-refractivity contribution in [1.29, 1.82) is 0 Å². The summed E-state index contributed by atoms with van der Waals surface area (Å²) >= 11 is 0. The highest BCUT2D eigenvalue weighted by molar-refractivity contribution is 5.28. The molecule has 106 valence electrons. The average molecular weight is 262 g/mol. The predicted molar refractivity (Wildman–Crippen MR) is 79.4 cm³/mol. The summed E-state index contributed by atoms with van der Waals surface area (Å²) in [6, 6.07) is 8.35. The van der Waals surface area contributed by atoms with Crippen molar-refractivity contribution in [3.63, 3.8) is 0 Å². The number of nitrogens with zero attached hydrogens (tertiary/aromatic N) is 1. The molecule has 0 amide bonds. The number of nitrogens with two attached hydrogens (primary N) is 1. The van der Waals surface area contributed by atoms with E-state index in [0.29, 0.717) is 0 Å². The van der Waals surface area contributed by atoms with E-state index >= 15 is 0 Å². The van der Waals surface area contributed by atoms with Crippen LogP contribution in [0.25, 0.3) is 0 Å². The van der Waals surface area contributed by atoms with Crippen LogP contribution >= 0.6 is 0 Å². The van der Waals surface area contributed by atoms with Crippen LogP contribution in [0.1, 0.15) is 44.2 Å². The first kappa shape index (κ1) is 14.4. The minimum Gasteiger partial charge on any atom is -0.492 e. The predicted octanol–water partition coefficient (Wildman–Crippen LogP) is 2.96. The van der Waals surface area contributed by atoms with Gasteiger partial charge in [0.1, 0.15) is 12.4 Å². The zero-order chi connectivity index (χ0) is 13.5. The third kappa shape index (κ3) is 4.51. The third-order valence-electron chi connectivity index (χ3n) is 3.87. The van der Waals surface area contributed by atoms with Gasteiger partial charge in [0.25, 0.3) is 0 Å². The van der Waals surface area contributed by atoms with Crippen molar-refractivity contribution in [3.05, 3.63) is 29.8 Å². The first-order valence-corrected chi connectivity index (χ1v) is 7.50. The Hall–Kier alpha value is -1.06. The number of benzene rings is 1. The van der Waals surface area contributed by atoms with Crippen LogP contribution in [0.5, 0.6) is 5.75 Å². The van der Waals surface area contributed by atoms with Crippen molar-refractivity contribution >= 4 is 0 Å². The minimum absolute atomic E-state index is 0.141. The second kappa shape index (κ2) is 7.51. The lowest BCUT2D eigenvalue weighted by atomic mass is 10.1.